The summed E-state index contributed by atoms with van der Waals surface area (Å²) in [5.74, 6) is 0.740. The van der Waals surface area contributed by atoms with E-state index in [4.69, 9.17) is 9.47 Å². The highest BCUT2D eigenvalue weighted by atomic mass is 16.5. The number of aliphatic hydroxyl groups is 1. The molecule has 108 valence electrons. The van der Waals surface area contributed by atoms with Gasteiger partial charge in [-0.3, -0.25) is 0 Å². The Kier molecular flexibility index (Phi) is 5.79. The van der Waals surface area contributed by atoms with E-state index in [9.17, 15) is 5.11 Å². The molecule has 1 aromatic carbocycles. The first-order chi connectivity index (χ1) is 8.97. The molecule has 0 fully saturated rings. The predicted molar refractivity (Wildman–Crippen MR) is 76.5 cm³/mol. The molecular formula is C15H25NO3. The van der Waals surface area contributed by atoms with E-state index in [2.05, 4.69) is 0 Å². The van der Waals surface area contributed by atoms with Crippen molar-refractivity contribution in [1.82, 2.24) is 4.90 Å². The maximum absolute atomic E-state index is 11.0. The number of likely N-dealkylation sites (N-methyl/N-ethyl adjacent to an activating group) is 1. The molecule has 0 saturated heterocycles. The minimum Gasteiger partial charge on any atom is -0.497 e. The van der Waals surface area contributed by atoms with Gasteiger partial charge in [0.15, 0.2) is 0 Å². The Bertz CT molecular complexity index is 395. The van der Waals surface area contributed by atoms with E-state index in [1.165, 1.54) is 0 Å². The molecule has 4 nitrogen and oxygen atoms in total. The van der Waals surface area contributed by atoms with Crippen LogP contribution in [0.1, 0.15) is 18.9 Å². The molecule has 0 unspecified atom stereocenters. The highest BCUT2D eigenvalue weighted by molar-refractivity contribution is 5.33. The van der Waals surface area contributed by atoms with Crippen molar-refractivity contribution >= 4 is 0 Å². The third-order valence-corrected chi connectivity index (χ3v) is 3.46. The summed E-state index contributed by atoms with van der Waals surface area (Å²) in [4.78, 5) is 2.01. The Balaban J connectivity index is 3.12. The Labute approximate surface area is 115 Å². The molecule has 4 heteroatoms. The molecule has 0 bridgehead atoms. The second-order valence-corrected chi connectivity index (χ2v) is 5.00. The van der Waals surface area contributed by atoms with Crippen LogP contribution in [0.25, 0.3) is 0 Å². The van der Waals surface area contributed by atoms with Crippen molar-refractivity contribution in [2.45, 2.75) is 25.0 Å². The summed E-state index contributed by atoms with van der Waals surface area (Å²) >= 11 is 0. The first-order valence-electron chi connectivity index (χ1n) is 6.52. The van der Waals surface area contributed by atoms with E-state index in [-0.39, 0.29) is 6.10 Å². The normalized spacial score (nSPS) is 16.2. The standard InChI is InChI=1S/C15H25NO3/c1-6-15(17,14(19-5)11-16(2)3)12-8-7-9-13(10-12)18-4/h7-10,14,17H,6,11H2,1-5H3/t14-,15+/m0/s1. The van der Waals surface area contributed by atoms with Crippen molar-refractivity contribution < 1.29 is 14.6 Å². The minimum absolute atomic E-state index is 0.292. The second kappa shape index (κ2) is 6.89. The third-order valence-electron chi connectivity index (χ3n) is 3.46. The van der Waals surface area contributed by atoms with E-state index in [1.807, 2.05) is 50.2 Å². The number of benzene rings is 1. The number of nitrogens with zero attached hydrogens (tertiary/aromatic N) is 1. The van der Waals surface area contributed by atoms with Crippen LogP contribution in [0, 0.1) is 0 Å². The fourth-order valence-corrected chi connectivity index (χ4v) is 2.26. The van der Waals surface area contributed by atoms with E-state index < -0.39 is 5.60 Å². The van der Waals surface area contributed by atoms with Crippen molar-refractivity contribution in [3.05, 3.63) is 29.8 Å². The number of ether oxygens (including phenoxy) is 2. The highest BCUT2D eigenvalue weighted by Crippen LogP contribution is 2.32. The first-order valence-corrected chi connectivity index (χ1v) is 6.52. The zero-order valence-corrected chi connectivity index (χ0v) is 12.5. The number of methoxy groups -OCH3 is 2. The molecule has 1 aromatic rings. The smallest absolute Gasteiger partial charge is 0.119 e. The molecule has 0 radical (unpaired) electrons. The van der Waals surface area contributed by atoms with Gasteiger partial charge in [-0.05, 0) is 38.2 Å². The van der Waals surface area contributed by atoms with Gasteiger partial charge in [-0.25, -0.2) is 0 Å². The maximum atomic E-state index is 11.0. The zero-order valence-electron chi connectivity index (χ0n) is 12.5. The molecule has 0 aliphatic rings. The van der Waals surface area contributed by atoms with Gasteiger partial charge >= 0.3 is 0 Å². The van der Waals surface area contributed by atoms with Crippen LogP contribution in [0.15, 0.2) is 24.3 Å². The Morgan fingerprint density at radius 3 is 2.47 bits per heavy atom. The lowest BCUT2D eigenvalue weighted by Gasteiger charge is -2.36. The molecule has 0 heterocycles. The number of rotatable bonds is 7. The fraction of sp³-hybridized carbons (Fsp3) is 0.600. The second-order valence-electron chi connectivity index (χ2n) is 5.00. The Hall–Kier alpha value is -1.10. The lowest BCUT2D eigenvalue weighted by atomic mass is 9.85. The topological polar surface area (TPSA) is 41.9 Å². The lowest BCUT2D eigenvalue weighted by Crippen LogP contribution is -2.46. The van der Waals surface area contributed by atoms with Crippen LogP contribution < -0.4 is 4.74 Å². The summed E-state index contributed by atoms with van der Waals surface area (Å²) < 4.78 is 10.7. The minimum atomic E-state index is -1.02. The number of hydrogen-bond donors (Lipinski definition) is 1. The van der Waals surface area contributed by atoms with Crippen molar-refractivity contribution in [2.24, 2.45) is 0 Å². The molecule has 0 saturated carbocycles. The molecular weight excluding hydrogens is 242 g/mol. The predicted octanol–water partition coefficient (Wildman–Crippen LogP) is 1.87. The molecule has 1 rings (SSSR count). The first kappa shape index (κ1) is 16.0. The molecule has 0 aliphatic carbocycles. The summed E-state index contributed by atoms with van der Waals surface area (Å²) in [6.45, 7) is 2.61. The summed E-state index contributed by atoms with van der Waals surface area (Å²) in [5, 5.41) is 11.0. The van der Waals surface area contributed by atoms with Gasteiger partial charge in [0.2, 0.25) is 0 Å². The molecule has 0 aliphatic heterocycles. The average molecular weight is 267 g/mol. The van der Waals surface area contributed by atoms with E-state index in [1.54, 1.807) is 14.2 Å². The monoisotopic (exact) mass is 267 g/mol. The van der Waals surface area contributed by atoms with E-state index in [0.717, 1.165) is 11.3 Å². The zero-order chi connectivity index (χ0) is 14.5. The van der Waals surface area contributed by atoms with Gasteiger partial charge in [-0.15, -0.1) is 0 Å². The average Bonchev–Trinajstić information content (AvgIpc) is 2.43. The summed E-state index contributed by atoms with van der Waals surface area (Å²) in [5.41, 5.74) is -0.198. The molecule has 1 N–H and O–H groups in total. The van der Waals surface area contributed by atoms with Gasteiger partial charge in [0.05, 0.1) is 7.11 Å². The molecule has 0 spiro atoms. The Morgan fingerprint density at radius 2 is 2.00 bits per heavy atom. The molecule has 0 amide bonds. The highest BCUT2D eigenvalue weighted by Gasteiger charge is 2.37. The fourth-order valence-electron chi connectivity index (χ4n) is 2.26. The maximum Gasteiger partial charge on any atom is 0.119 e. The Morgan fingerprint density at radius 1 is 1.32 bits per heavy atom. The number of hydrogen-bond acceptors (Lipinski definition) is 4. The van der Waals surface area contributed by atoms with Crippen LogP contribution in [0.5, 0.6) is 5.75 Å². The van der Waals surface area contributed by atoms with Crippen LogP contribution in [0.4, 0.5) is 0 Å². The van der Waals surface area contributed by atoms with Crippen molar-refractivity contribution in [3.8, 4) is 5.75 Å². The van der Waals surface area contributed by atoms with Crippen LogP contribution in [-0.2, 0) is 10.3 Å². The van der Waals surface area contributed by atoms with Crippen molar-refractivity contribution in [1.29, 1.82) is 0 Å². The van der Waals surface area contributed by atoms with Gasteiger partial charge in [-0.2, -0.15) is 0 Å². The van der Waals surface area contributed by atoms with E-state index >= 15 is 0 Å². The summed E-state index contributed by atoms with van der Waals surface area (Å²) in [6, 6.07) is 7.53. The molecule has 2 atom stereocenters. The SMILES string of the molecule is CC[C@@](O)(c1cccc(OC)c1)[C@H](CN(C)C)OC. The van der Waals surface area contributed by atoms with Crippen LogP contribution in [-0.4, -0.2) is 51.0 Å². The lowest BCUT2D eigenvalue weighted by molar-refractivity contribution is -0.108. The van der Waals surface area contributed by atoms with Crippen LogP contribution in [0.2, 0.25) is 0 Å². The van der Waals surface area contributed by atoms with Crippen molar-refractivity contribution in [2.75, 3.05) is 34.9 Å². The molecule has 19 heavy (non-hydrogen) atoms. The summed E-state index contributed by atoms with van der Waals surface area (Å²) in [7, 11) is 7.19. The van der Waals surface area contributed by atoms with Gasteiger partial charge in [0.1, 0.15) is 17.5 Å². The third kappa shape index (κ3) is 3.69. The van der Waals surface area contributed by atoms with Crippen molar-refractivity contribution in [3.63, 3.8) is 0 Å². The quantitative estimate of drug-likeness (QED) is 0.819. The summed E-state index contributed by atoms with van der Waals surface area (Å²) in [6.07, 6.45) is 0.284. The van der Waals surface area contributed by atoms with Gasteiger partial charge in [-0.1, -0.05) is 19.1 Å². The van der Waals surface area contributed by atoms with E-state index in [0.29, 0.717) is 13.0 Å². The van der Waals surface area contributed by atoms with Crippen LogP contribution >= 0.6 is 0 Å². The molecule has 0 aromatic heterocycles. The largest absolute Gasteiger partial charge is 0.497 e. The van der Waals surface area contributed by atoms with Crippen LogP contribution in [0.3, 0.4) is 0 Å². The van der Waals surface area contributed by atoms with Gasteiger partial charge in [0.25, 0.3) is 0 Å². The van der Waals surface area contributed by atoms with Gasteiger partial charge < -0.3 is 19.5 Å². The van der Waals surface area contributed by atoms with Gasteiger partial charge in [0, 0.05) is 13.7 Å².